The third-order valence-electron chi connectivity index (χ3n) is 4.54. The summed E-state index contributed by atoms with van der Waals surface area (Å²) < 4.78 is 90.2. The molecule has 0 spiro atoms. The molecular weight excluding hydrogens is 443 g/mol. The number of aromatic nitrogens is 2. The average Bonchev–Trinajstić information content (AvgIpc) is 2.65. The van der Waals surface area contributed by atoms with E-state index in [0.717, 1.165) is 24.6 Å². The fourth-order valence-electron chi connectivity index (χ4n) is 2.94. The number of nitrogens with zero attached hydrogens (tertiary/aromatic N) is 2. The first-order valence-corrected chi connectivity index (χ1v) is 10.6. The van der Waals surface area contributed by atoms with Crippen molar-refractivity contribution in [2.45, 2.75) is 24.5 Å². The lowest BCUT2D eigenvalue weighted by atomic mass is 9.96. The van der Waals surface area contributed by atoms with E-state index in [-0.39, 0.29) is 31.8 Å². The molecule has 164 valence electrons. The van der Waals surface area contributed by atoms with Crippen LogP contribution < -0.4 is 5.56 Å². The van der Waals surface area contributed by atoms with Gasteiger partial charge in [0.1, 0.15) is 18.2 Å². The summed E-state index contributed by atoms with van der Waals surface area (Å²) in [6, 6.07) is 6.83. The topological polar surface area (TPSA) is 69.0 Å². The summed E-state index contributed by atoms with van der Waals surface area (Å²) in [5, 5.41) is 3.54. The van der Waals surface area contributed by atoms with E-state index in [2.05, 4.69) is 5.10 Å². The third kappa shape index (κ3) is 4.82. The number of hydrogen-bond acceptors (Lipinski definition) is 4. The molecule has 0 N–H and O–H groups in total. The summed E-state index contributed by atoms with van der Waals surface area (Å²) in [5.74, 6) is -1.96. The Bertz CT molecular complexity index is 1290. The van der Waals surface area contributed by atoms with Gasteiger partial charge in [0.15, 0.2) is 9.84 Å². The SMILES string of the molecule is Cc1c(F)cc(-c2c(-c3ccc(S(C)(=O)=O)cc3)cnn(CC(F)(F)F)c2=O)cc1F. The molecule has 0 radical (unpaired) electrons. The second-order valence-electron chi connectivity index (χ2n) is 6.87. The molecule has 3 rings (SSSR count). The first kappa shape index (κ1) is 22.6. The number of benzene rings is 2. The van der Waals surface area contributed by atoms with Crippen LogP contribution in [-0.2, 0) is 16.4 Å². The van der Waals surface area contributed by atoms with Gasteiger partial charge < -0.3 is 0 Å². The second kappa shape index (κ2) is 7.88. The largest absolute Gasteiger partial charge is 0.408 e. The molecule has 0 saturated carbocycles. The Morgan fingerprint density at radius 2 is 1.55 bits per heavy atom. The number of hydrogen-bond donors (Lipinski definition) is 0. The Hall–Kier alpha value is -3.08. The molecule has 0 bridgehead atoms. The van der Waals surface area contributed by atoms with E-state index in [4.69, 9.17) is 0 Å². The van der Waals surface area contributed by atoms with Gasteiger partial charge in [-0.3, -0.25) is 4.79 Å². The number of rotatable bonds is 4. The summed E-state index contributed by atoms with van der Waals surface area (Å²) in [7, 11) is -3.52. The monoisotopic (exact) mass is 458 g/mol. The van der Waals surface area contributed by atoms with Crippen molar-refractivity contribution in [2.24, 2.45) is 0 Å². The van der Waals surface area contributed by atoms with Crippen molar-refractivity contribution in [1.29, 1.82) is 0 Å². The first-order valence-electron chi connectivity index (χ1n) is 8.71. The normalized spacial score (nSPS) is 12.2. The molecule has 31 heavy (non-hydrogen) atoms. The van der Waals surface area contributed by atoms with Crippen LogP contribution in [0.2, 0.25) is 0 Å². The van der Waals surface area contributed by atoms with Crippen LogP contribution in [0.5, 0.6) is 0 Å². The minimum absolute atomic E-state index is 0.00821. The van der Waals surface area contributed by atoms with E-state index >= 15 is 0 Å². The highest BCUT2D eigenvalue weighted by molar-refractivity contribution is 7.90. The van der Waals surface area contributed by atoms with E-state index in [9.17, 15) is 35.2 Å². The molecule has 1 aromatic heterocycles. The van der Waals surface area contributed by atoms with Crippen molar-refractivity contribution < 1.29 is 30.4 Å². The molecule has 3 aromatic rings. The molecule has 0 amide bonds. The highest BCUT2D eigenvalue weighted by atomic mass is 32.2. The summed E-state index contributed by atoms with van der Waals surface area (Å²) in [4.78, 5) is 12.8. The van der Waals surface area contributed by atoms with Crippen molar-refractivity contribution >= 4 is 9.84 Å². The molecule has 0 fully saturated rings. The maximum atomic E-state index is 14.1. The molecule has 0 aliphatic carbocycles. The molecular formula is C20H15F5N2O3S. The van der Waals surface area contributed by atoms with Gasteiger partial charge in [-0.2, -0.15) is 18.3 Å². The lowest BCUT2D eigenvalue weighted by Crippen LogP contribution is -2.31. The van der Waals surface area contributed by atoms with E-state index in [1.54, 1.807) is 0 Å². The van der Waals surface area contributed by atoms with Gasteiger partial charge in [0.05, 0.1) is 16.7 Å². The first-order chi connectivity index (χ1) is 14.3. The van der Waals surface area contributed by atoms with E-state index in [1.807, 2.05) is 0 Å². The van der Waals surface area contributed by atoms with Gasteiger partial charge >= 0.3 is 6.18 Å². The van der Waals surface area contributed by atoms with Crippen molar-refractivity contribution in [3.8, 4) is 22.3 Å². The second-order valence-corrected chi connectivity index (χ2v) is 8.89. The number of sulfone groups is 1. The lowest BCUT2D eigenvalue weighted by Gasteiger charge is -2.15. The average molecular weight is 458 g/mol. The molecule has 0 atom stereocenters. The molecule has 11 heteroatoms. The zero-order chi connectivity index (χ0) is 23.1. The predicted octanol–water partition coefficient (Wildman–Crippen LogP) is 4.13. The van der Waals surface area contributed by atoms with Gasteiger partial charge in [0.2, 0.25) is 0 Å². The fourth-order valence-corrected chi connectivity index (χ4v) is 3.57. The fraction of sp³-hybridized carbons (Fsp3) is 0.200. The van der Waals surface area contributed by atoms with Crippen LogP contribution in [0.25, 0.3) is 22.3 Å². The van der Waals surface area contributed by atoms with Crippen LogP contribution in [0.4, 0.5) is 22.0 Å². The van der Waals surface area contributed by atoms with Gasteiger partial charge in [-0.15, -0.1) is 0 Å². The highest BCUT2D eigenvalue weighted by Gasteiger charge is 2.30. The van der Waals surface area contributed by atoms with Crippen molar-refractivity contribution in [3.63, 3.8) is 0 Å². The van der Waals surface area contributed by atoms with E-state index < -0.39 is 45.3 Å². The standard InChI is InChI=1S/C20H15F5N2O3S/c1-11-16(21)7-13(8-17(11)22)18-15(9-26-27(19(18)28)10-20(23,24)25)12-3-5-14(6-4-12)31(2,29)30/h3-9H,10H2,1-2H3. The molecule has 0 aliphatic heterocycles. The Balaban J connectivity index is 2.29. The molecule has 0 unspecified atom stereocenters. The van der Waals surface area contributed by atoms with Crippen molar-refractivity contribution in [1.82, 2.24) is 9.78 Å². The molecule has 0 saturated heterocycles. The Labute approximate surface area is 173 Å². The summed E-state index contributed by atoms with van der Waals surface area (Å²) in [6.07, 6.45) is -2.80. The van der Waals surface area contributed by atoms with Gasteiger partial charge in [0, 0.05) is 17.4 Å². The summed E-state index contributed by atoms with van der Waals surface area (Å²) >= 11 is 0. The summed E-state index contributed by atoms with van der Waals surface area (Å²) in [5.41, 5.74) is -1.97. The Kier molecular flexibility index (Phi) is 5.74. The quantitative estimate of drug-likeness (QED) is 0.552. The zero-order valence-electron chi connectivity index (χ0n) is 16.2. The Morgan fingerprint density at radius 3 is 2.03 bits per heavy atom. The minimum Gasteiger partial charge on any atom is -0.267 e. The maximum Gasteiger partial charge on any atom is 0.408 e. The van der Waals surface area contributed by atoms with Gasteiger partial charge in [-0.1, -0.05) is 12.1 Å². The van der Waals surface area contributed by atoms with Crippen LogP contribution in [0.15, 0.2) is 52.3 Å². The number of halogens is 5. The molecule has 2 aromatic carbocycles. The summed E-state index contributed by atoms with van der Waals surface area (Å²) in [6.45, 7) is -0.517. The van der Waals surface area contributed by atoms with Gasteiger partial charge in [-0.05, 0) is 42.3 Å². The third-order valence-corrected chi connectivity index (χ3v) is 5.66. The molecule has 5 nitrogen and oxygen atoms in total. The van der Waals surface area contributed by atoms with E-state index in [1.165, 1.54) is 31.2 Å². The highest BCUT2D eigenvalue weighted by Crippen LogP contribution is 2.31. The van der Waals surface area contributed by atoms with Crippen LogP contribution in [0.3, 0.4) is 0 Å². The van der Waals surface area contributed by atoms with E-state index in [0.29, 0.717) is 0 Å². The van der Waals surface area contributed by atoms with Crippen LogP contribution >= 0.6 is 0 Å². The smallest absolute Gasteiger partial charge is 0.267 e. The van der Waals surface area contributed by atoms with Crippen molar-refractivity contribution in [2.75, 3.05) is 6.26 Å². The minimum atomic E-state index is -4.75. The van der Waals surface area contributed by atoms with Gasteiger partial charge in [-0.25, -0.2) is 21.9 Å². The molecule has 0 aliphatic rings. The maximum absolute atomic E-state index is 14.1. The van der Waals surface area contributed by atoms with Gasteiger partial charge in [0.25, 0.3) is 5.56 Å². The van der Waals surface area contributed by atoms with Crippen molar-refractivity contribution in [3.05, 3.63) is 70.1 Å². The van der Waals surface area contributed by atoms with Crippen LogP contribution in [0, 0.1) is 18.6 Å². The molecule has 1 heterocycles. The zero-order valence-corrected chi connectivity index (χ0v) is 17.0. The van der Waals surface area contributed by atoms with Crippen LogP contribution in [0.1, 0.15) is 5.56 Å². The Morgan fingerprint density at radius 1 is 1.00 bits per heavy atom. The number of alkyl halides is 3. The van der Waals surface area contributed by atoms with Crippen LogP contribution in [-0.4, -0.2) is 30.6 Å². The predicted molar refractivity (Wildman–Crippen MR) is 103 cm³/mol. The lowest BCUT2D eigenvalue weighted by molar-refractivity contribution is -0.143.